The van der Waals surface area contributed by atoms with Crippen LogP contribution in [0.1, 0.15) is 0 Å². The number of anilines is 2. The molecule has 0 saturated carbocycles. The smallest absolute Gasteiger partial charge is 0.147 e. The van der Waals surface area contributed by atoms with Crippen LogP contribution in [0.5, 0.6) is 0 Å². The summed E-state index contributed by atoms with van der Waals surface area (Å²) < 4.78 is 0. The molecule has 1 saturated heterocycles. The maximum absolute atomic E-state index is 4.37. The zero-order valence-corrected chi connectivity index (χ0v) is 11.0. The Kier molecular flexibility index (Phi) is 4.88. The van der Waals surface area contributed by atoms with Gasteiger partial charge in [-0.1, -0.05) is 0 Å². The van der Waals surface area contributed by atoms with Gasteiger partial charge in [-0.15, -0.1) is 0 Å². The third-order valence-corrected chi connectivity index (χ3v) is 3.67. The van der Waals surface area contributed by atoms with Crippen molar-refractivity contribution in [3.8, 4) is 0 Å². The van der Waals surface area contributed by atoms with Gasteiger partial charge in [0.25, 0.3) is 0 Å². The fourth-order valence-corrected chi connectivity index (χ4v) is 2.72. The van der Waals surface area contributed by atoms with E-state index in [1.807, 2.05) is 18.8 Å². The highest BCUT2D eigenvalue weighted by molar-refractivity contribution is 7.99. The van der Waals surface area contributed by atoms with E-state index >= 15 is 0 Å². The summed E-state index contributed by atoms with van der Waals surface area (Å²) >= 11 is 2.04. The third kappa shape index (κ3) is 4.05. The first-order chi connectivity index (χ1) is 8.38. The van der Waals surface area contributed by atoms with E-state index in [4.69, 9.17) is 0 Å². The van der Waals surface area contributed by atoms with E-state index in [1.165, 1.54) is 24.6 Å². The molecule has 2 rings (SSSR count). The third-order valence-electron chi connectivity index (χ3n) is 2.73. The second-order valence-electron chi connectivity index (χ2n) is 3.92. The largest absolute Gasteiger partial charge is 0.372 e. The maximum Gasteiger partial charge on any atom is 0.147 e. The van der Waals surface area contributed by atoms with Gasteiger partial charge in [-0.3, -0.25) is 9.88 Å². The van der Waals surface area contributed by atoms with Crippen molar-refractivity contribution in [2.24, 2.45) is 0 Å². The molecular weight excluding hydrogens is 234 g/mol. The average Bonchev–Trinajstić information content (AvgIpc) is 2.40. The van der Waals surface area contributed by atoms with Crippen molar-refractivity contribution in [2.45, 2.75) is 0 Å². The summed E-state index contributed by atoms with van der Waals surface area (Å²) in [6.07, 6.45) is 3.47. The van der Waals surface area contributed by atoms with Crippen LogP contribution >= 0.6 is 11.8 Å². The van der Waals surface area contributed by atoms with Gasteiger partial charge in [0, 0.05) is 44.7 Å². The van der Waals surface area contributed by atoms with Gasteiger partial charge in [0.1, 0.15) is 11.6 Å². The van der Waals surface area contributed by atoms with Gasteiger partial charge in [0.2, 0.25) is 0 Å². The molecule has 0 aliphatic carbocycles. The summed E-state index contributed by atoms with van der Waals surface area (Å²) in [4.78, 5) is 11.0. The van der Waals surface area contributed by atoms with Gasteiger partial charge in [0.05, 0.1) is 12.4 Å². The van der Waals surface area contributed by atoms with Gasteiger partial charge >= 0.3 is 0 Å². The lowest BCUT2D eigenvalue weighted by Gasteiger charge is -2.26. The Morgan fingerprint density at radius 1 is 1.29 bits per heavy atom. The van der Waals surface area contributed by atoms with Gasteiger partial charge < -0.3 is 10.6 Å². The molecule has 17 heavy (non-hydrogen) atoms. The zero-order chi connectivity index (χ0) is 11.9. The fourth-order valence-electron chi connectivity index (χ4n) is 1.74. The zero-order valence-electron chi connectivity index (χ0n) is 10.1. The van der Waals surface area contributed by atoms with E-state index in [0.717, 1.165) is 24.7 Å². The van der Waals surface area contributed by atoms with Crippen LogP contribution in [0.25, 0.3) is 0 Å². The van der Waals surface area contributed by atoms with Crippen LogP contribution in [0.3, 0.4) is 0 Å². The minimum absolute atomic E-state index is 0.796. The Morgan fingerprint density at radius 2 is 2.06 bits per heavy atom. The molecule has 0 amide bonds. The molecule has 0 atom stereocenters. The van der Waals surface area contributed by atoms with Crippen LogP contribution in [0.2, 0.25) is 0 Å². The second-order valence-corrected chi connectivity index (χ2v) is 5.15. The van der Waals surface area contributed by atoms with E-state index in [2.05, 4.69) is 25.5 Å². The number of hydrogen-bond acceptors (Lipinski definition) is 6. The van der Waals surface area contributed by atoms with E-state index in [-0.39, 0.29) is 0 Å². The van der Waals surface area contributed by atoms with Crippen LogP contribution in [-0.4, -0.2) is 59.6 Å². The van der Waals surface area contributed by atoms with Crippen molar-refractivity contribution < 1.29 is 0 Å². The normalized spacial score (nSPS) is 16.8. The number of nitrogens with one attached hydrogen (secondary N) is 2. The van der Waals surface area contributed by atoms with E-state index < -0.39 is 0 Å². The summed E-state index contributed by atoms with van der Waals surface area (Å²) in [5, 5.41) is 6.28. The average molecular weight is 253 g/mol. The second kappa shape index (κ2) is 6.66. The van der Waals surface area contributed by atoms with Crippen LogP contribution in [0.4, 0.5) is 11.6 Å². The van der Waals surface area contributed by atoms with Crippen LogP contribution in [0.15, 0.2) is 12.4 Å². The summed E-state index contributed by atoms with van der Waals surface area (Å²) in [5.41, 5.74) is 0. The van der Waals surface area contributed by atoms with Crippen LogP contribution in [-0.2, 0) is 0 Å². The maximum atomic E-state index is 4.37. The molecule has 0 radical (unpaired) electrons. The van der Waals surface area contributed by atoms with Gasteiger partial charge in [-0.2, -0.15) is 11.8 Å². The molecule has 0 bridgehead atoms. The van der Waals surface area contributed by atoms with Crippen molar-refractivity contribution in [3.63, 3.8) is 0 Å². The molecule has 0 unspecified atom stereocenters. The summed E-state index contributed by atoms with van der Waals surface area (Å²) in [6.45, 7) is 4.40. The monoisotopic (exact) mass is 253 g/mol. The lowest BCUT2D eigenvalue weighted by molar-refractivity contribution is 0.314. The van der Waals surface area contributed by atoms with Gasteiger partial charge in [-0.05, 0) is 0 Å². The lowest BCUT2D eigenvalue weighted by atomic mass is 10.4. The Hall–Kier alpha value is -1.01. The van der Waals surface area contributed by atoms with E-state index in [0.29, 0.717) is 0 Å². The fraction of sp³-hybridized carbons (Fsp3) is 0.636. The quantitative estimate of drug-likeness (QED) is 0.816. The first kappa shape index (κ1) is 12.4. The first-order valence-corrected chi connectivity index (χ1v) is 7.08. The molecule has 1 aromatic heterocycles. The summed E-state index contributed by atoms with van der Waals surface area (Å²) in [7, 11) is 1.85. The molecule has 6 heteroatoms. The highest BCUT2D eigenvalue weighted by atomic mass is 32.2. The topological polar surface area (TPSA) is 53.1 Å². The lowest BCUT2D eigenvalue weighted by Crippen LogP contribution is -2.36. The van der Waals surface area contributed by atoms with E-state index in [9.17, 15) is 0 Å². The Labute approximate surface area is 106 Å². The summed E-state index contributed by atoms with van der Waals surface area (Å²) in [5.74, 6) is 4.15. The van der Waals surface area contributed by atoms with Gasteiger partial charge in [0.15, 0.2) is 0 Å². The Morgan fingerprint density at radius 3 is 2.82 bits per heavy atom. The molecule has 2 N–H and O–H groups in total. The minimum Gasteiger partial charge on any atom is -0.372 e. The number of nitrogens with zero attached hydrogens (tertiary/aromatic N) is 3. The Balaban J connectivity index is 1.73. The van der Waals surface area contributed by atoms with Crippen molar-refractivity contribution in [3.05, 3.63) is 12.4 Å². The van der Waals surface area contributed by atoms with Crippen molar-refractivity contribution in [1.82, 2.24) is 14.9 Å². The number of aromatic nitrogens is 2. The molecule has 94 valence electrons. The van der Waals surface area contributed by atoms with Crippen molar-refractivity contribution >= 4 is 23.4 Å². The minimum atomic E-state index is 0.796. The predicted octanol–water partition coefficient (Wildman–Crippen LogP) is 0.979. The molecule has 2 heterocycles. The number of thioether (sulfide) groups is 1. The van der Waals surface area contributed by atoms with E-state index in [1.54, 1.807) is 12.4 Å². The first-order valence-electron chi connectivity index (χ1n) is 5.92. The van der Waals surface area contributed by atoms with Gasteiger partial charge in [-0.25, -0.2) is 4.98 Å². The molecule has 1 aliphatic heterocycles. The number of hydrogen-bond donors (Lipinski definition) is 2. The van der Waals surface area contributed by atoms with Crippen LogP contribution < -0.4 is 10.6 Å². The molecule has 0 aromatic carbocycles. The molecule has 1 fully saturated rings. The number of rotatable bonds is 5. The predicted molar refractivity (Wildman–Crippen MR) is 73.8 cm³/mol. The molecule has 1 aromatic rings. The molecule has 0 spiro atoms. The molecule has 1 aliphatic rings. The highest BCUT2D eigenvalue weighted by Crippen LogP contribution is 2.09. The van der Waals surface area contributed by atoms with Crippen molar-refractivity contribution in [1.29, 1.82) is 0 Å². The molecule has 5 nitrogen and oxygen atoms in total. The summed E-state index contributed by atoms with van der Waals surface area (Å²) in [6, 6.07) is 0. The van der Waals surface area contributed by atoms with Crippen molar-refractivity contribution in [2.75, 3.05) is 55.4 Å². The highest BCUT2D eigenvalue weighted by Gasteiger charge is 2.09. The SMILES string of the molecule is CNc1cncc(NCCN2CCSCC2)n1. The standard InChI is InChI=1S/C11H19N5S/c1-12-10-8-13-9-11(15-10)14-2-3-16-4-6-17-7-5-16/h8-9H,2-7H2,1H3,(H2,12,14,15). The van der Waals surface area contributed by atoms with Crippen LogP contribution in [0, 0.1) is 0 Å². The Bertz CT molecular complexity index is 340. The molecular formula is C11H19N5S.